The van der Waals surface area contributed by atoms with E-state index in [-0.39, 0.29) is 17.2 Å². The molecule has 0 spiro atoms. The van der Waals surface area contributed by atoms with E-state index in [1.807, 2.05) is 18.2 Å². The quantitative estimate of drug-likeness (QED) is 0.892. The molecule has 0 saturated heterocycles. The number of aromatic nitrogens is 1. The van der Waals surface area contributed by atoms with Gasteiger partial charge in [0.1, 0.15) is 5.69 Å². The predicted octanol–water partition coefficient (Wildman–Crippen LogP) is 3.27. The van der Waals surface area contributed by atoms with Gasteiger partial charge in [-0.25, -0.2) is 0 Å². The molecule has 2 aromatic rings. The fourth-order valence-corrected chi connectivity index (χ4v) is 2.91. The van der Waals surface area contributed by atoms with Crippen LogP contribution in [-0.2, 0) is 4.79 Å². The number of hydrogen-bond donors (Lipinski definition) is 2. The number of carbonyl (C=O) groups excluding carboxylic acids is 1. The molecular formula is C16H15BrN2O2. The van der Waals surface area contributed by atoms with Gasteiger partial charge < -0.3 is 10.3 Å². The summed E-state index contributed by atoms with van der Waals surface area (Å²) in [6.07, 6.45) is 3.03. The Morgan fingerprint density at radius 2 is 2.10 bits per heavy atom. The minimum absolute atomic E-state index is 0.109. The summed E-state index contributed by atoms with van der Waals surface area (Å²) in [7, 11) is 0. The van der Waals surface area contributed by atoms with Crippen LogP contribution in [-0.4, -0.2) is 10.9 Å². The summed E-state index contributed by atoms with van der Waals surface area (Å²) in [6, 6.07) is 11.8. The van der Waals surface area contributed by atoms with Gasteiger partial charge in [0.15, 0.2) is 0 Å². The maximum Gasteiger partial charge on any atom is 0.271 e. The van der Waals surface area contributed by atoms with Crippen molar-refractivity contribution in [2.45, 2.75) is 18.8 Å². The Kier molecular flexibility index (Phi) is 3.92. The molecule has 2 N–H and O–H groups in total. The maximum atomic E-state index is 12.0. The van der Waals surface area contributed by atoms with E-state index in [4.69, 9.17) is 0 Å². The summed E-state index contributed by atoms with van der Waals surface area (Å²) < 4.78 is 0.728. The average molecular weight is 347 g/mol. The van der Waals surface area contributed by atoms with Crippen LogP contribution >= 0.6 is 15.9 Å². The lowest BCUT2D eigenvalue weighted by atomic mass is 10.1. The van der Waals surface area contributed by atoms with Gasteiger partial charge in [-0.15, -0.1) is 0 Å². The summed E-state index contributed by atoms with van der Waals surface area (Å²) in [5.41, 5.74) is 1.28. The van der Waals surface area contributed by atoms with Gasteiger partial charge in [0, 0.05) is 17.1 Å². The number of rotatable bonds is 4. The number of hydrogen-bond acceptors (Lipinski definition) is 2. The molecule has 4 nitrogen and oxygen atoms in total. The monoisotopic (exact) mass is 346 g/mol. The second-order valence-corrected chi connectivity index (χ2v) is 6.24. The fraction of sp³-hybridized carbons (Fsp3) is 0.250. The highest BCUT2D eigenvalue weighted by Crippen LogP contribution is 2.49. The standard InChI is InChI=1S/C16H15BrN2O2/c17-12-8-14(16(21)18-9-12)19-15(20)7-11-6-13(11)10-4-2-1-3-5-10/h1-5,8-9,11,13H,6-7H2,(H,18,21)(H,19,20)/t11-,13-/m0/s1. The molecule has 1 aromatic heterocycles. The van der Waals surface area contributed by atoms with Crippen molar-refractivity contribution in [2.24, 2.45) is 5.92 Å². The van der Waals surface area contributed by atoms with Gasteiger partial charge in [-0.2, -0.15) is 0 Å². The number of anilines is 1. The molecule has 1 aliphatic rings. The van der Waals surface area contributed by atoms with E-state index in [1.165, 1.54) is 5.56 Å². The second kappa shape index (κ2) is 5.85. The molecule has 3 rings (SSSR count). The Balaban J connectivity index is 1.59. The van der Waals surface area contributed by atoms with E-state index >= 15 is 0 Å². The predicted molar refractivity (Wildman–Crippen MR) is 85.3 cm³/mol. The summed E-state index contributed by atoms with van der Waals surface area (Å²) in [5, 5.41) is 2.68. The largest absolute Gasteiger partial charge is 0.326 e. The van der Waals surface area contributed by atoms with Crippen LogP contribution in [0.1, 0.15) is 24.3 Å². The van der Waals surface area contributed by atoms with Crippen LogP contribution in [0.5, 0.6) is 0 Å². The third kappa shape index (κ3) is 3.42. The topological polar surface area (TPSA) is 62.0 Å². The van der Waals surface area contributed by atoms with Gasteiger partial charge in [-0.1, -0.05) is 30.3 Å². The summed E-state index contributed by atoms with van der Waals surface area (Å²) in [4.78, 5) is 26.2. The number of pyridine rings is 1. The molecule has 2 atom stereocenters. The fourth-order valence-electron chi connectivity index (χ4n) is 2.57. The SMILES string of the molecule is O=C(C[C@@H]1C[C@H]1c1ccccc1)Nc1cc(Br)c[nH]c1=O. The van der Waals surface area contributed by atoms with Gasteiger partial charge in [0.25, 0.3) is 5.56 Å². The van der Waals surface area contributed by atoms with E-state index in [0.717, 1.165) is 10.9 Å². The minimum atomic E-state index is -0.290. The molecule has 0 aliphatic heterocycles. The van der Waals surface area contributed by atoms with Crippen molar-refractivity contribution in [2.75, 3.05) is 5.32 Å². The van der Waals surface area contributed by atoms with Gasteiger partial charge >= 0.3 is 0 Å². The molecular weight excluding hydrogens is 332 g/mol. The highest BCUT2D eigenvalue weighted by molar-refractivity contribution is 9.10. The van der Waals surface area contributed by atoms with Crippen LogP contribution in [0.3, 0.4) is 0 Å². The van der Waals surface area contributed by atoms with Crippen LogP contribution in [0.2, 0.25) is 0 Å². The molecule has 1 fully saturated rings. The van der Waals surface area contributed by atoms with E-state index < -0.39 is 0 Å². The number of carbonyl (C=O) groups is 1. The van der Waals surface area contributed by atoms with Crippen molar-refractivity contribution in [1.82, 2.24) is 4.98 Å². The first-order chi connectivity index (χ1) is 10.1. The van der Waals surface area contributed by atoms with Crippen molar-refractivity contribution in [1.29, 1.82) is 0 Å². The number of amides is 1. The lowest BCUT2D eigenvalue weighted by Crippen LogP contribution is -2.19. The molecule has 1 amide bonds. The third-order valence-corrected chi connectivity index (χ3v) is 4.20. The lowest BCUT2D eigenvalue weighted by molar-refractivity contribution is -0.116. The minimum Gasteiger partial charge on any atom is -0.326 e. The number of benzene rings is 1. The molecule has 1 heterocycles. The zero-order valence-corrected chi connectivity index (χ0v) is 12.9. The molecule has 0 radical (unpaired) electrons. The summed E-state index contributed by atoms with van der Waals surface area (Å²) >= 11 is 3.27. The first kappa shape index (κ1) is 14.1. The molecule has 5 heteroatoms. The maximum absolute atomic E-state index is 12.0. The number of halogens is 1. The first-order valence-corrected chi connectivity index (χ1v) is 7.66. The average Bonchev–Trinajstić information content (AvgIpc) is 3.23. The third-order valence-electron chi connectivity index (χ3n) is 3.74. The van der Waals surface area contributed by atoms with Crippen LogP contribution < -0.4 is 10.9 Å². The van der Waals surface area contributed by atoms with Gasteiger partial charge in [-0.05, 0) is 45.8 Å². The molecule has 0 unspecified atom stereocenters. The molecule has 108 valence electrons. The van der Waals surface area contributed by atoms with E-state index in [2.05, 4.69) is 38.4 Å². The molecule has 1 saturated carbocycles. The Bertz CT molecular complexity index is 712. The van der Waals surface area contributed by atoms with Crippen molar-refractivity contribution >= 4 is 27.5 Å². The zero-order chi connectivity index (χ0) is 14.8. The van der Waals surface area contributed by atoms with Crippen molar-refractivity contribution in [3.8, 4) is 0 Å². The van der Waals surface area contributed by atoms with Crippen LogP contribution in [0, 0.1) is 5.92 Å². The summed E-state index contributed by atoms with van der Waals surface area (Å²) in [6.45, 7) is 0. The van der Waals surface area contributed by atoms with Crippen LogP contribution in [0.15, 0.2) is 51.9 Å². The highest BCUT2D eigenvalue weighted by Gasteiger charge is 2.39. The normalized spacial score (nSPS) is 20.0. The van der Waals surface area contributed by atoms with Crippen molar-refractivity contribution in [3.63, 3.8) is 0 Å². The van der Waals surface area contributed by atoms with Crippen molar-refractivity contribution < 1.29 is 4.79 Å². The van der Waals surface area contributed by atoms with Crippen LogP contribution in [0.25, 0.3) is 0 Å². The Labute approximate surface area is 130 Å². The highest BCUT2D eigenvalue weighted by atomic mass is 79.9. The van der Waals surface area contributed by atoms with Crippen LogP contribution in [0.4, 0.5) is 5.69 Å². The number of aromatic amines is 1. The van der Waals surface area contributed by atoms with Gasteiger partial charge in [-0.3, -0.25) is 9.59 Å². The van der Waals surface area contributed by atoms with Gasteiger partial charge in [0.05, 0.1) is 0 Å². The van der Waals surface area contributed by atoms with E-state index in [0.29, 0.717) is 18.3 Å². The second-order valence-electron chi connectivity index (χ2n) is 5.33. The van der Waals surface area contributed by atoms with E-state index in [9.17, 15) is 9.59 Å². The molecule has 0 bridgehead atoms. The summed E-state index contributed by atoms with van der Waals surface area (Å²) in [5.74, 6) is 0.735. The lowest BCUT2D eigenvalue weighted by Gasteiger charge is -2.04. The number of H-pyrrole nitrogens is 1. The first-order valence-electron chi connectivity index (χ1n) is 6.86. The van der Waals surface area contributed by atoms with Crippen molar-refractivity contribution in [3.05, 3.63) is 63.0 Å². The van der Waals surface area contributed by atoms with Gasteiger partial charge in [0.2, 0.25) is 5.91 Å². The molecule has 1 aromatic carbocycles. The molecule has 21 heavy (non-hydrogen) atoms. The van der Waals surface area contributed by atoms with E-state index in [1.54, 1.807) is 12.3 Å². The Morgan fingerprint density at radius 3 is 2.86 bits per heavy atom. The zero-order valence-electron chi connectivity index (χ0n) is 11.3. The molecule has 1 aliphatic carbocycles. The number of nitrogens with one attached hydrogen (secondary N) is 2. The Hall–Kier alpha value is -1.88. The Morgan fingerprint density at radius 1 is 1.33 bits per heavy atom. The smallest absolute Gasteiger partial charge is 0.271 e.